The van der Waals surface area contributed by atoms with Crippen molar-refractivity contribution < 1.29 is 18.7 Å². The van der Waals surface area contributed by atoms with Crippen LogP contribution in [0.1, 0.15) is 22.8 Å². The van der Waals surface area contributed by atoms with Crippen LogP contribution < -0.4 is 5.32 Å². The highest BCUT2D eigenvalue weighted by atomic mass is 19.1. The molecule has 0 heterocycles. The SMILES string of the molecule is Cc1ccc(F)c(C(=O)N[C@@H](C)CO)c1F. The summed E-state index contributed by atoms with van der Waals surface area (Å²) in [5, 5.41) is 11.0. The van der Waals surface area contributed by atoms with Gasteiger partial charge in [-0.15, -0.1) is 0 Å². The van der Waals surface area contributed by atoms with Gasteiger partial charge >= 0.3 is 0 Å². The number of hydrogen-bond acceptors (Lipinski definition) is 2. The summed E-state index contributed by atoms with van der Waals surface area (Å²) < 4.78 is 26.8. The average molecular weight is 229 g/mol. The quantitative estimate of drug-likeness (QED) is 0.822. The molecular weight excluding hydrogens is 216 g/mol. The molecule has 0 radical (unpaired) electrons. The predicted molar refractivity (Wildman–Crippen MR) is 55.1 cm³/mol. The normalized spacial score (nSPS) is 12.3. The summed E-state index contributed by atoms with van der Waals surface area (Å²) in [5.74, 6) is -2.64. The molecule has 0 saturated carbocycles. The van der Waals surface area contributed by atoms with E-state index in [1.165, 1.54) is 19.9 Å². The number of carbonyl (C=O) groups excluding carboxylic acids is 1. The maximum Gasteiger partial charge on any atom is 0.257 e. The second-order valence-electron chi connectivity index (χ2n) is 3.61. The Morgan fingerprint density at radius 3 is 2.69 bits per heavy atom. The molecule has 1 amide bonds. The van der Waals surface area contributed by atoms with Crippen molar-refractivity contribution in [3.63, 3.8) is 0 Å². The molecule has 1 atom stereocenters. The Morgan fingerprint density at radius 2 is 2.12 bits per heavy atom. The minimum atomic E-state index is -0.911. The summed E-state index contributed by atoms with van der Waals surface area (Å²) in [6, 6.07) is 1.75. The molecule has 88 valence electrons. The molecule has 1 aromatic carbocycles. The Labute approximate surface area is 92.1 Å². The molecule has 0 aromatic heterocycles. The van der Waals surface area contributed by atoms with Crippen LogP contribution in [0.5, 0.6) is 0 Å². The number of carbonyl (C=O) groups is 1. The molecule has 3 nitrogen and oxygen atoms in total. The second-order valence-corrected chi connectivity index (χ2v) is 3.61. The number of benzene rings is 1. The van der Waals surface area contributed by atoms with Gasteiger partial charge in [-0.1, -0.05) is 6.07 Å². The smallest absolute Gasteiger partial charge is 0.257 e. The molecule has 0 aliphatic heterocycles. The van der Waals surface area contributed by atoms with Crippen molar-refractivity contribution in [3.8, 4) is 0 Å². The molecule has 0 bridgehead atoms. The minimum Gasteiger partial charge on any atom is -0.394 e. The Bertz CT molecular complexity index is 407. The van der Waals surface area contributed by atoms with Gasteiger partial charge in [0, 0.05) is 6.04 Å². The summed E-state index contributed by atoms with van der Waals surface area (Å²) >= 11 is 0. The number of aryl methyl sites for hydroxylation is 1. The Balaban J connectivity index is 3.03. The van der Waals surface area contributed by atoms with E-state index in [-0.39, 0.29) is 12.2 Å². The van der Waals surface area contributed by atoms with Gasteiger partial charge in [0.15, 0.2) is 0 Å². The standard InChI is InChI=1S/C11H13F2NO2/c1-6-3-4-8(12)9(10(6)13)11(16)14-7(2)5-15/h3-4,7,15H,5H2,1-2H3,(H,14,16)/t7-/m0/s1. The van der Waals surface area contributed by atoms with E-state index in [0.717, 1.165) is 6.07 Å². The van der Waals surface area contributed by atoms with Gasteiger partial charge in [0.25, 0.3) is 5.91 Å². The highest BCUT2D eigenvalue weighted by Gasteiger charge is 2.19. The minimum absolute atomic E-state index is 0.197. The summed E-state index contributed by atoms with van der Waals surface area (Å²) in [5.41, 5.74) is -0.413. The summed E-state index contributed by atoms with van der Waals surface area (Å²) in [6.45, 7) is 2.69. The first-order valence-electron chi connectivity index (χ1n) is 4.83. The third-order valence-electron chi connectivity index (χ3n) is 2.16. The lowest BCUT2D eigenvalue weighted by Gasteiger charge is -2.12. The van der Waals surface area contributed by atoms with Crippen molar-refractivity contribution in [3.05, 3.63) is 34.9 Å². The van der Waals surface area contributed by atoms with E-state index in [0.29, 0.717) is 0 Å². The van der Waals surface area contributed by atoms with Crippen molar-refractivity contribution in [2.24, 2.45) is 0 Å². The molecule has 5 heteroatoms. The molecule has 0 saturated heterocycles. The third kappa shape index (κ3) is 2.55. The largest absolute Gasteiger partial charge is 0.394 e. The lowest BCUT2D eigenvalue weighted by Crippen LogP contribution is -2.36. The van der Waals surface area contributed by atoms with Crippen molar-refractivity contribution in [2.45, 2.75) is 19.9 Å². The third-order valence-corrected chi connectivity index (χ3v) is 2.16. The highest BCUT2D eigenvalue weighted by Crippen LogP contribution is 2.16. The van der Waals surface area contributed by atoms with E-state index in [9.17, 15) is 13.6 Å². The first kappa shape index (κ1) is 12.6. The fourth-order valence-electron chi connectivity index (χ4n) is 1.21. The van der Waals surface area contributed by atoms with Crippen molar-refractivity contribution in [2.75, 3.05) is 6.61 Å². The van der Waals surface area contributed by atoms with Crippen molar-refractivity contribution >= 4 is 5.91 Å². The van der Waals surface area contributed by atoms with E-state index in [1.807, 2.05) is 0 Å². The molecule has 0 aliphatic rings. The van der Waals surface area contributed by atoms with Gasteiger partial charge in [0.05, 0.1) is 6.61 Å². The Kier molecular flexibility index (Phi) is 3.95. The summed E-state index contributed by atoms with van der Waals surface area (Å²) in [4.78, 5) is 11.5. The van der Waals surface area contributed by atoms with Gasteiger partial charge in [-0.05, 0) is 25.5 Å². The Hall–Kier alpha value is -1.49. The van der Waals surface area contributed by atoms with Crippen LogP contribution in [0.15, 0.2) is 12.1 Å². The van der Waals surface area contributed by atoms with Crippen LogP contribution in [0.2, 0.25) is 0 Å². The van der Waals surface area contributed by atoms with Crippen LogP contribution >= 0.6 is 0 Å². The predicted octanol–water partition coefficient (Wildman–Crippen LogP) is 1.38. The fourth-order valence-corrected chi connectivity index (χ4v) is 1.21. The van der Waals surface area contributed by atoms with E-state index in [4.69, 9.17) is 5.11 Å². The van der Waals surface area contributed by atoms with Gasteiger partial charge < -0.3 is 10.4 Å². The lowest BCUT2D eigenvalue weighted by atomic mass is 10.1. The molecule has 0 spiro atoms. The number of aliphatic hydroxyl groups is 1. The molecule has 0 unspecified atom stereocenters. The van der Waals surface area contributed by atoms with Crippen molar-refractivity contribution in [1.29, 1.82) is 0 Å². The number of rotatable bonds is 3. The molecular formula is C11H13F2NO2. The zero-order chi connectivity index (χ0) is 12.3. The van der Waals surface area contributed by atoms with Crippen LogP contribution in [0, 0.1) is 18.6 Å². The average Bonchev–Trinajstić information content (AvgIpc) is 2.24. The van der Waals surface area contributed by atoms with Gasteiger partial charge in [0.1, 0.15) is 17.2 Å². The summed E-state index contributed by atoms with van der Waals surface area (Å²) in [6.07, 6.45) is 0. The maximum atomic E-state index is 13.5. The van der Waals surface area contributed by atoms with E-state index >= 15 is 0 Å². The van der Waals surface area contributed by atoms with E-state index in [1.54, 1.807) is 0 Å². The fraction of sp³-hybridized carbons (Fsp3) is 0.364. The number of halogens is 2. The van der Waals surface area contributed by atoms with Gasteiger partial charge in [-0.2, -0.15) is 0 Å². The van der Waals surface area contributed by atoms with E-state index < -0.39 is 29.1 Å². The van der Waals surface area contributed by atoms with Crippen LogP contribution in [0.4, 0.5) is 8.78 Å². The molecule has 16 heavy (non-hydrogen) atoms. The van der Waals surface area contributed by atoms with Gasteiger partial charge in [-0.3, -0.25) is 4.79 Å². The zero-order valence-electron chi connectivity index (χ0n) is 9.05. The zero-order valence-corrected chi connectivity index (χ0v) is 9.05. The molecule has 1 rings (SSSR count). The van der Waals surface area contributed by atoms with E-state index in [2.05, 4.69) is 5.32 Å². The van der Waals surface area contributed by atoms with Crippen LogP contribution in [0.3, 0.4) is 0 Å². The molecule has 1 aromatic rings. The topological polar surface area (TPSA) is 49.3 Å². The second kappa shape index (κ2) is 5.03. The lowest BCUT2D eigenvalue weighted by molar-refractivity contribution is 0.0913. The van der Waals surface area contributed by atoms with Crippen LogP contribution in [0.25, 0.3) is 0 Å². The first-order chi connectivity index (χ1) is 7.47. The van der Waals surface area contributed by atoms with Gasteiger partial charge in [-0.25, -0.2) is 8.78 Å². The number of aliphatic hydroxyl groups excluding tert-OH is 1. The number of nitrogens with one attached hydrogen (secondary N) is 1. The van der Waals surface area contributed by atoms with Gasteiger partial charge in [0.2, 0.25) is 0 Å². The molecule has 0 aliphatic carbocycles. The summed E-state index contributed by atoms with van der Waals surface area (Å²) in [7, 11) is 0. The first-order valence-corrected chi connectivity index (χ1v) is 4.83. The molecule has 0 fully saturated rings. The van der Waals surface area contributed by atoms with Crippen LogP contribution in [-0.2, 0) is 0 Å². The number of amides is 1. The maximum absolute atomic E-state index is 13.5. The Morgan fingerprint density at radius 1 is 1.50 bits per heavy atom. The number of hydrogen-bond donors (Lipinski definition) is 2. The molecule has 2 N–H and O–H groups in total. The highest BCUT2D eigenvalue weighted by molar-refractivity contribution is 5.95. The monoisotopic (exact) mass is 229 g/mol. The van der Waals surface area contributed by atoms with Crippen molar-refractivity contribution in [1.82, 2.24) is 5.32 Å². The van der Waals surface area contributed by atoms with Crippen LogP contribution in [-0.4, -0.2) is 23.7 Å².